The molecule has 1 heteroatoms. The zero-order valence-electron chi connectivity index (χ0n) is 23.7. The summed E-state index contributed by atoms with van der Waals surface area (Å²) in [6.07, 6.45) is 4.52. The molecule has 0 fully saturated rings. The first-order chi connectivity index (χ1) is 16.6. The molecular formula is C34H45N. The molecule has 0 saturated heterocycles. The van der Waals surface area contributed by atoms with Crippen molar-refractivity contribution < 1.29 is 0 Å². The van der Waals surface area contributed by atoms with Crippen LogP contribution < -0.4 is 5.32 Å². The standard InChI is InChI=1S/C32H39N.C2H6/c1-20(2)15-25(14-13-24-17-21(3)16-22(4)23(24)5)27-18-28-26-11-9-10-12-29(26)32(6,7)30(28)19-31(27)33-8;1-2/h9-12,14,16-20,33H,13,15H2,1-8H3;1-2H3/b25-14-;. The molecule has 1 aliphatic carbocycles. The van der Waals surface area contributed by atoms with Gasteiger partial charge in [-0.1, -0.05) is 89.6 Å². The minimum absolute atomic E-state index is 0.0220. The Bertz CT molecular complexity index is 1220. The second-order valence-electron chi connectivity index (χ2n) is 10.8. The first-order valence-electron chi connectivity index (χ1n) is 13.4. The molecule has 0 heterocycles. The molecule has 0 aliphatic heterocycles. The molecule has 0 radical (unpaired) electrons. The summed E-state index contributed by atoms with van der Waals surface area (Å²) in [5.41, 5.74) is 15.3. The summed E-state index contributed by atoms with van der Waals surface area (Å²) in [6, 6.07) is 18.4. The van der Waals surface area contributed by atoms with E-state index in [1.54, 1.807) is 0 Å². The maximum atomic E-state index is 3.53. The molecule has 0 spiro atoms. The van der Waals surface area contributed by atoms with Gasteiger partial charge < -0.3 is 5.32 Å². The van der Waals surface area contributed by atoms with Crippen LogP contribution in [0.15, 0.2) is 54.6 Å². The lowest BCUT2D eigenvalue weighted by Gasteiger charge is -2.23. The quantitative estimate of drug-likeness (QED) is 0.380. The fraction of sp³-hybridized carbons (Fsp3) is 0.412. The lowest BCUT2D eigenvalue weighted by Crippen LogP contribution is -2.15. The van der Waals surface area contributed by atoms with Crippen molar-refractivity contribution in [2.75, 3.05) is 12.4 Å². The number of allylic oxidation sites excluding steroid dienone is 2. The van der Waals surface area contributed by atoms with E-state index in [1.165, 1.54) is 61.3 Å². The maximum absolute atomic E-state index is 3.53. The molecule has 186 valence electrons. The summed E-state index contributed by atoms with van der Waals surface area (Å²) in [5, 5.41) is 3.53. The van der Waals surface area contributed by atoms with Crippen LogP contribution in [0.2, 0.25) is 0 Å². The van der Waals surface area contributed by atoms with Gasteiger partial charge in [0, 0.05) is 23.7 Å². The molecule has 0 aromatic heterocycles. The topological polar surface area (TPSA) is 12.0 Å². The van der Waals surface area contributed by atoms with Gasteiger partial charge in [0.05, 0.1) is 0 Å². The average Bonchev–Trinajstić information content (AvgIpc) is 3.06. The fourth-order valence-electron chi connectivity index (χ4n) is 5.54. The number of anilines is 1. The van der Waals surface area contributed by atoms with Crippen molar-refractivity contribution in [3.05, 3.63) is 93.6 Å². The highest BCUT2D eigenvalue weighted by atomic mass is 14.8. The van der Waals surface area contributed by atoms with Gasteiger partial charge in [0.25, 0.3) is 0 Å². The summed E-state index contributed by atoms with van der Waals surface area (Å²) in [6.45, 7) is 20.0. The number of fused-ring (bicyclic) bond motifs is 3. The molecule has 35 heavy (non-hydrogen) atoms. The van der Waals surface area contributed by atoms with Crippen molar-refractivity contribution in [2.45, 2.75) is 80.6 Å². The Morgan fingerprint density at radius 2 is 1.60 bits per heavy atom. The Kier molecular flexibility index (Phi) is 8.31. The fourth-order valence-corrected chi connectivity index (χ4v) is 5.54. The summed E-state index contributed by atoms with van der Waals surface area (Å²) in [7, 11) is 2.06. The van der Waals surface area contributed by atoms with E-state index in [-0.39, 0.29) is 5.41 Å². The van der Waals surface area contributed by atoms with E-state index < -0.39 is 0 Å². The predicted molar refractivity (Wildman–Crippen MR) is 157 cm³/mol. The van der Waals surface area contributed by atoms with Crippen LogP contribution in [0, 0.1) is 26.7 Å². The lowest BCUT2D eigenvalue weighted by atomic mass is 9.81. The minimum Gasteiger partial charge on any atom is -0.388 e. The van der Waals surface area contributed by atoms with E-state index in [0.29, 0.717) is 5.92 Å². The molecular weight excluding hydrogens is 422 g/mol. The number of hydrogen-bond donors (Lipinski definition) is 1. The van der Waals surface area contributed by atoms with Gasteiger partial charge >= 0.3 is 0 Å². The maximum Gasteiger partial charge on any atom is 0.0417 e. The highest BCUT2D eigenvalue weighted by Gasteiger charge is 2.36. The Morgan fingerprint density at radius 3 is 2.26 bits per heavy atom. The predicted octanol–water partition coefficient (Wildman–Crippen LogP) is 9.66. The van der Waals surface area contributed by atoms with Gasteiger partial charge in [0.1, 0.15) is 0 Å². The molecule has 0 bridgehead atoms. The van der Waals surface area contributed by atoms with Crippen LogP contribution >= 0.6 is 0 Å². The number of benzene rings is 3. The molecule has 0 amide bonds. The molecule has 0 saturated carbocycles. The van der Waals surface area contributed by atoms with Gasteiger partial charge in [-0.25, -0.2) is 0 Å². The Labute approximate surface area is 214 Å². The van der Waals surface area contributed by atoms with Crippen molar-refractivity contribution in [3.8, 4) is 11.1 Å². The van der Waals surface area contributed by atoms with Crippen LogP contribution in [0.1, 0.15) is 86.9 Å². The van der Waals surface area contributed by atoms with E-state index in [2.05, 4.69) is 115 Å². The van der Waals surface area contributed by atoms with Crippen LogP contribution in [0.25, 0.3) is 16.7 Å². The third-order valence-corrected chi connectivity index (χ3v) is 7.45. The molecule has 0 atom stereocenters. The average molecular weight is 468 g/mol. The third-order valence-electron chi connectivity index (χ3n) is 7.45. The Hall–Kier alpha value is -2.80. The largest absolute Gasteiger partial charge is 0.388 e. The monoisotopic (exact) mass is 467 g/mol. The summed E-state index contributed by atoms with van der Waals surface area (Å²) >= 11 is 0. The SMILES string of the molecule is CC.CNc1cc2c(cc1/C(=C\Cc1cc(C)cc(C)c1C)CC(C)C)-c1ccccc1C2(C)C. The second kappa shape index (κ2) is 10.9. The van der Waals surface area contributed by atoms with E-state index in [1.807, 2.05) is 13.8 Å². The first kappa shape index (κ1) is 26.8. The second-order valence-corrected chi connectivity index (χ2v) is 10.8. The van der Waals surface area contributed by atoms with Crippen LogP contribution in [-0.4, -0.2) is 7.05 Å². The van der Waals surface area contributed by atoms with Crippen molar-refractivity contribution in [2.24, 2.45) is 5.92 Å². The zero-order chi connectivity index (χ0) is 25.9. The van der Waals surface area contributed by atoms with Crippen molar-refractivity contribution in [3.63, 3.8) is 0 Å². The smallest absolute Gasteiger partial charge is 0.0417 e. The van der Waals surface area contributed by atoms with Gasteiger partial charge in [0.15, 0.2) is 0 Å². The number of hydrogen-bond acceptors (Lipinski definition) is 1. The lowest BCUT2D eigenvalue weighted by molar-refractivity contribution is 0.660. The van der Waals surface area contributed by atoms with Crippen molar-refractivity contribution in [1.82, 2.24) is 0 Å². The highest BCUT2D eigenvalue weighted by molar-refractivity contribution is 5.88. The summed E-state index contributed by atoms with van der Waals surface area (Å²) in [4.78, 5) is 0. The van der Waals surface area contributed by atoms with Crippen LogP contribution in [0.5, 0.6) is 0 Å². The number of rotatable bonds is 6. The Balaban J connectivity index is 0.00000167. The summed E-state index contributed by atoms with van der Waals surface area (Å²) in [5.74, 6) is 0.596. The minimum atomic E-state index is 0.0220. The molecule has 1 nitrogen and oxygen atoms in total. The first-order valence-corrected chi connectivity index (χ1v) is 13.4. The summed E-state index contributed by atoms with van der Waals surface area (Å²) < 4.78 is 0. The molecule has 1 aliphatic rings. The van der Waals surface area contributed by atoms with Gasteiger partial charge in [-0.15, -0.1) is 0 Å². The van der Waals surface area contributed by atoms with Gasteiger partial charge in [-0.2, -0.15) is 0 Å². The van der Waals surface area contributed by atoms with Gasteiger partial charge in [-0.05, 0) is 96.2 Å². The third kappa shape index (κ3) is 5.25. The highest BCUT2D eigenvalue weighted by Crippen LogP contribution is 2.51. The zero-order valence-corrected chi connectivity index (χ0v) is 23.7. The number of nitrogens with one attached hydrogen (secondary N) is 1. The molecule has 1 N–H and O–H groups in total. The normalized spacial score (nSPS) is 13.7. The van der Waals surface area contributed by atoms with Crippen LogP contribution in [0.3, 0.4) is 0 Å². The van der Waals surface area contributed by atoms with Crippen LogP contribution in [-0.2, 0) is 11.8 Å². The molecule has 4 rings (SSSR count). The van der Waals surface area contributed by atoms with Gasteiger partial charge in [-0.3, -0.25) is 0 Å². The van der Waals surface area contributed by atoms with Crippen LogP contribution in [0.4, 0.5) is 5.69 Å². The van der Waals surface area contributed by atoms with E-state index in [4.69, 9.17) is 0 Å². The van der Waals surface area contributed by atoms with Crippen molar-refractivity contribution in [1.29, 1.82) is 0 Å². The molecule has 3 aromatic carbocycles. The van der Waals surface area contributed by atoms with Crippen molar-refractivity contribution >= 4 is 11.3 Å². The molecule has 3 aromatic rings. The van der Waals surface area contributed by atoms with E-state index in [9.17, 15) is 0 Å². The Morgan fingerprint density at radius 1 is 0.914 bits per heavy atom. The van der Waals surface area contributed by atoms with E-state index in [0.717, 1.165) is 12.8 Å². The number of aryl methyl sites for hydroxylation is 2. The van der Waals surface area contributed by atoms with Gasteiger partial charge in [0.2, 0.25) is 0 Å². The van der Waals surface area contributed by atoms with E-state index >= 15 is 0 Å². The molecule has 0 unspecified atom stereocenters.